The van der Waals surface area contributed by atoms with Gasteiger partial charge in [-0.25, -0.2) is 21.6 Å². The number of hydrogen-bond acceptors (Lipinski definition) is 4. The molecule has 0 radical (unpaired) electrons. The summed E-state index contributed by atoms with van der Waals surface area (Å²) in [6.45, 7) is 4.35. The molecule has 8 heteroatoms. The zero-order valence-electron chi connectivity index (χ0n) is 8.24. The number of rotatable bonds is 4. The highest BCUT2D eigenvalue weighted by atomic mass is 35.7. The van der Waals surface area contributed by atoms with Gasteiger partial charge in [-0.05, 0) is 20.8 Å². The highest BCUT2D eigenvalue weighted by molar-refractivity contribution is 8.13. The molecule has 1 N–H and O–H groups in total. The van der Waals surface area contributed by atoms with Crippen LogP contribution in [0.4, 0.5) is 0 Å². The number of sulfonamides is 1. The van der Waals surface area contributed by atoms with Crippen LogP contribution >= 0.6 is 10.7 Å². The molecule has 0 aromatic carbocycles. The van der Waals surface area contributed by atoms with E-state index in [0.29, 0.717) is 0 Å². The minimum atomic E-state index is -3.65. The molecule has 0 aromatic heterocycles. The van der Waals surface area contributed by atoms with Gasteiger partial charge in [-0.15, -0.1) is 0 Å². The first-order valence-electron chi connectivity index (χ1n) is 3.87. The van der Waals surface area contributed by atoms with Gasteiger partial charge in [0.05, 0.1) is 10.5 Å². The lowest BCUT2D eigenvalue weighted by atomic mass is 10.3. The van der Waals surface area contributed by atoms with Crippen LogP contribution in [0.25, 0.3) is 0 Å². The molecule has 0 heterocycles. The van der Waals surface area contributed by atoms with E-state index in [9.17, 15) is 16.8 Å². The first kappa shape index (κ1) is 14.2. The van der Waals surface area contributed by atoms with E-state index in [1.54, 1.807) is 0 Å². The van der Waals surface area contributed by atoms with Crippen molar-refractivity contribution in [3.8, 4) is 0 Å². The van der Waals surface area contributed by atoms with Crippen LogP contribution in [0.15, 0.2) is 0 Å². The number of hydrogen-bond donors (Lipinski definition) is 1. The van der Waals surface area contributed by atoms with Crippen molar-refractivity contribution in [2.24, 2.45) is 0 Å². The van der Waals surface area contributed by atoms with Crippen LogP contribution in [0.5, 0.6) is 0 Å². The van der Waals surface area contributed by atoms with Crippen molar-refractivity contribution in [3.05, 3.63) is 0 Å². The van der Waals surface area contributed by atoms with E-state index in [2.05, 4.69) is 4.72 Å². The van der Waals surface area contributed by atoms with Gasteiger partial charge in [0.2, 0.25) is 19.1 Å². The normalized spacial score (nSPS) is 14.3. The van der Waals surface area contributed by atoms with Crippen molar-refractivity contribution in [3.63, 3.8) is 0 Å². The second-order valence-electron chi connectivity index (χ2n) is 3.75. The van der Waals surface area contributed by atoms with Crippen molar-refractivity contribution in [1.82, 2.24) is 4.72 Å². The Hall–Kier alpha value is 0.150. The van der Waals surface area contributed by atoms with E-state index in [1.807, 2.05) is 0 Å². The van der Waals surface area contributed by atoms with Crippen molar-refractivity contribution in [2.75, 3.05) is 12.3 Å². The maximum atomic E-state index is 11.4. The maximum Gasteiger partial charge on any atom is 0.233 e. The Balaban J connectivity index is 4.31. The highest BCUT2D eigenvalue weighted by Crippen LogP contribution is 2.12. The molecular weight excluding hydrogens is 250 g/mol. The molecule has 0 rings (SSSR count). The van der Waals surface area contributed by atoms with E-state index in [-0.39, 0.29) is 6.54 Å². The predicted octanol–water partition coefficient (Wildman–Crippen LogP) is 0.273. The molecule has 0 aliphatic carbocycles. The van der Waals surface area contributed by atoms with E-state index in [0.717, 1.165) is 0 Å². The molecule has 0 atom stereocenters. The van der Waals surface area contributed by atoms with E-state index < -0.39 is 29.6 Å². The smallest absolute Gasteiger partial charge is 0.214 e. The first-order valence-corrected chi connectivity index (χ1v) is 7.83. The summed E-state index contributed by atoms with van der Waals surface area (Å²) in [6, 6.07) is 0. The average molecular weight is 264 g/mol. The van der Waals surface area contributed by atoms with Gasteiger partial charge in [0.15, 0.2) is 0 Å². The molecule has 0 unspecified atom stereocenters. The maximum absolute atomic E-state index is 11.4. The van der Waals surface area contributed by atoms with Gasteiger partial charge >= 0.3 is 0 Å². The second-order valence-corrected chi connectivity index (χ2v) is 9.17. The highest BCUT2D eigenvalue weighted by Gasteiger charge is 2.28. The lowest BCUT2D eigenvalue weighted by molar-refractivity contribution is 0.547. The van der Waals surface area contributed by atoms with Crippen molar-refractivity contribution in [2.45, 2.75) is 25.5 Å². The Morgan fingerprint density at radius 1 is 1.14 bits per heavy atom. The van der Waals surface area contributed by atoms with Crippen LogP contribution < -0.4 is 4.72 Å². The average Bonchev–Trinajstić information content (AvgIpc) is 1.80. The SMILES string of the molecule is CC(C)(C)S(=O)(=O)NCCS(=O)(=O)Cl. The molecule has 0 bridgehead atoms. The molecule has 0 fully saturated rings. The van der Waals surface area contributed by atoms with Crippen LogP contribution in [0, 0.1) is 0 Å². The van der Waals surface area contributed by atoms with Gasteiger partial charge in [0, 0.05) is 17.2 Å². The summed E-state index contributed by atoms with van der Waals surface area (Å²) in [5, 5.41) is 0. The van der Waals surface area contributed by atoms with Crippen LogP contribution in [-0.2, 0) is 19.1 Å². The number of halogens is 1. The van der Waals surface area contributed by atoms with Gasteiger partial charge in [-0.2, -0.15) is 0 Å². The summed E-state index contributed by atoms with van der Waals surface area (Å²) in [5.74, 6) is -0.413. The number of nitrogens with one attached hydrogen (secondary N) is 1. The molecule has 0 spiro atoms. The second kappa shape index (κ2) is 4.34. The summed E-state index contributed by atoms with van der Waals surface area (Å²) >= 11 is 0. The third-order valence-electron chi connectivity index (χ3n) is 1.44. The molecule has 0 aliphatic rings. The van der Waals surface area contributed by atoms with Crippen LogP contribution in [-0.4, -0.2) is 33.9 Å². The van der Waals surface area contributed by atoms with Crippen LogP contribution in [0.1, 0.15) is 20.8 Å². The molecule has 5 nitrogen and oxygen atoms in total. The zero-order chi connectivity index (χ0) is 11.6. The van der Waals surface area contributed by atoms with Gasteiger partial charge < -0.3 is 0 Å². The lowest BCUT2D eigenvalue weighted by Gasteiger charge is -2.19. The van der Waals surface area contributed by atoms with Crippen molar-refractivity contribution >= 4 is 29.8 Å². The molecular formula is C6H14ClNO4S2. The summed E-state index contributed by atoms with van der Waals surface area (Å²) in [6.07, 6.45) is 0. The summed E-state index contributed by atoms with van der Waals surface area (Å²) in [4.78, 5) is 0. The summed E-state index contributed by atoms with van der Waals surface area (Å²) in [7, 11) is -2.23. The van der Waals surface area contributed by atoms with Gasteiger partial charge in [0.25, 0.3) is 0 Å². The molecule has 0 saturated carbocycles. The Morgan fingerprint density at radius 2 is 1.57 bits per heavy atom. The van der Waals surface area contributed by atoms with Crippen molar-refractivity contribution in [1.29, 1.82) is 0 Å². The molecule has 0 amide bonds. The van der Waals surface area contributed by atoms with Crippen molar-refractivity contribution < 1.29 is 16.8 Å². The first-order chi connectivity index (χ1) is 5.96. The third-order valence-corrected chi connectivity index (χ3v) is 4.80. The fourth-order valence-electron chi connectivity index (χ4n) is 0.514. The molecule has 0 aliphatic heterocycles. The lowest BCUT2D eigenvalue weighted by Crippen LogP contribution is -2.40. The van der Waals surface area contributed by atoms with E-state index in [1.165, 1.54) is 20.8 Å². The molecule has 0 saturated heterocycles. The van der Waals surface area contributed by atoms with Gasteiger partial charge in [-0.3, -0.25) is 0 Å². The summed E-state index contributed by atoms with van der Waals surface area (Å²) < 4.78 is 45.0. The Morgan fingerprint density at radius 3 is 1.86 bits per heavy atom. The Labute approximate surface area is 89.3 Å². The zero-order valence-corrected chi connectivity index (χ0v) is 10.6. The van der Waals surface area contributed by atoms with E-state index >= 15 is 0 Å². The minimum Gasteiger partial charge on any atom is -0.214 e. The Kier molecular flexibility index (Phi) is 4.39. The molecule has 0 aromatic rings. The van der Waals surface area contributed by atoms with Gasteiger partial charge in [0.1, 0.15) is 0 Å². The fourth-order valence-corrected chi connectivity index (χ4v) is 2.02. The molecule has 86 valence electrons. The standard InChI is InChI=1S/C6H14ClNO4S2/c1-6(2,3)14(11,12)8-4-5-13(7,9)10/h8H,4-5H2,1-3H3. The van der Waals surface area contributed by atoms with Crippen LogP contribution in [0.3, 0.4) is 0 Å². The largest absolute Gasteiger partial charge is 0.233 e. The fraction of sp³-hybridized carbons (Fsp3) is 1.00. The van der Waals surface area contributed by atoms with E-state index in [4.69, 9.17) is 10.7 Å². The predicted molar refractivity (Wildman–Crippen MR) is 56.3 cm³/mol. The third kappa shape index (κ3) is 5.14. The summed E-state index contributed by atoms with van der Waals surface area (Å²) in [5.41, 5.74) is 0. The monoisotopic (exact) mass is 263 g/mol. The minimum absolute atomic E-state index is 0.203. The quantitative estimate of drug-likeness (QED) is 0.739. The van der Waals surface area contributed by atoms with Gasteiger partial charge in [-0.1, -0.05) is 0 Å². The Bertz CT molecular complexity index is 379. The topological polar surface area (TPSA) is 80.3 Å². The molecule has 14 heavy (non-hydrogen) atoms. The van der Waals surface area contributed by atoms with Crippen LogP contribution in [0.2, 0.25) is 0 Å².